The lowest BCUT2D eigenvalue weighted by molar-refractivity contribution is 0.0969. The van der Waals surface area contributed by atoms with E-state index in [1.807, 2.05) is 0 Å². The van der Waals surface area contributed by atoms with Crippen molar-refractivity contribution in [1.82, 2.24) is 9.46 Å². The van der Waals surface area contributed by atoms with E-state index >= 15 is 0 Å². The normalized spacial score (nSPS) is 18.5. The van der Waals surface area contributed by atoms with Crippen LogP contribution in [-0.2, 0) is 10.0 Å². The summed E-state index contributed by atoms with van der Waals surface area (Å²) in [5.41, 5.74) is 0.0176. The predicted octanol–water partition coefficient (Wildman–Crippen LogP) is 4.15. The van der Waals surface area contributed by atoms with E-state index in [1.165, 1.54) is 27.4 Å². The van der Waals surface area contributed by atoms with Gasteiger partial charge in [-0.2, -0.15) is 4.31 Å². The molecule has 1 unspecified atom stereocenters. The first-order chi connectivity index (χ1) is 17.8. The van der Waals surface area contributed by atoms with Gasteiger partial charge in [-0.1, -0.05) is 23.7 Å². The quantitative estimate of drug-likeness (QED) is 0.395. The third-order valence-corrected chi connectivity index (χ3v) is 8.76. The second-order valence-electron chi connectivity index (χ2n) is 9.22. The Morgan fingerprint density at radius 2 is 1.73 bits per heavy atom. The predicted molar refractivity (Wildman–Crippen MR) is 131 cm³/mol. The lowest BCUT2D eigenvalue weighted by Crippen LogP contribution is -2.35. The maximum Gasteiger partial charge on any atom is 0.296 e. The number of hydrogen-bond donors (Lipinski definition) is 0. The smallest absolute Gasteiger partial charge is 0.296 e. The molecule has 1 atom stereocenters. The molecule has 2 aliphatic rings. The molecule has 6 rings (SSSR count). The van der Waals surface area contributed by atoms with Crippen LogP contribution in [0.3, 0.4) is 0 Å². The number of aryl methyl sites for hydroxylation is 1. The Labute approximate surface area is 211 Å². The van der Waals surface area contributed by atoms with Crippen LogP contribution in [0.25, 0.3) is 11.0 Å². The number of carbonyl (C=O) groups excluding carboxylic acids is 1. The minimum absolute atomic E-state index is 0.000898. The average Bonchev–Trinajstić information content (AvgIpc) is 3.45. The number of aromatic nitrogens is 1. The Balaban J connectivity index is 1.50. The van der Waals surface area contributed by atoms with Crippen molar-refractivity contribution in [3.05, 3.63) is 87.2 Å². The van der Waals surface area contributed by atoms with Gasteiger partial charge in [0.1, 0.15) is 17.2 Å². The standard InChI is InChI=1S/C26H22FN3O6S/c1-15-13-21(28-36-15)30-23(16-5-8-18(9-6-16)37(33,34)29-11-3-2-4-12-29)22-24(31)19-14-17(27)7-10-20(19)35-25(22)26(30)32/h5-10,13-14,23H,2-4,11-12H2,1H3. The molecule has 190 valence electrons. The van der Waals surface area contributed by atoms with Gasteiger partial charge in [0.15, 0.2) is 11.2 Å². The Morgan fingerprint density at radius 1 is 1.00 bits per heavy atom. The van der Waals surface area contributed by atoms with E-state index in [0.29, 0.717) is 24.4 Å². The minimum atomic E-state index is -3.67. The molecule has 0 aliphatic carbocycles. The Hall–Kier alpha value is -3.83. The number of sulfonamides is 1. The molecule has 0 saturated carbocycles. The highest BCUT2D eigenvalue weighted by Gasteiger charge is 2.45. The van der Waals surface area contributed by atoms with Crippen LogP contribution in [0.15, 0.2) is 67.2 Å². The molecule has 4 heterocycles. The summed E-state index contributed by atoms with van der Waals surface area (Å²) in [5.74, 6) is -0.788. The molecule has 0 bridgehead atoms. The van der Waals surface area contributed by atoms with E-state index in [2.05, 4.69) is 5.16 Å². The summed E-state index contributed by atoms with van der Waals surface area (Å²) < 4.78 is 52.7. The number of fused-ring (bicyclic) bond motifs is 2. The molecule has 1 fully saturated rings. The summed E-state index contributed by atoms with van der Waals surface area (Å²) in [5, 5.41) is 3.96. The topological polar surface area (TPSA) is 114 Å². The molecule has 4 aromatic rings. The van der Waals surface area contributed by atoms with Crippen LogP contribution in [0.2, 0.25) is 0 Å². The number of benzene rings is 2. The fourth-order valence-corrected chi connectivity index (χ4v) is 6.56. The summed E-state index contributed by atoms with van der Waals surface area (Å²) in [6.45, 7) is 2.61. The van der Waals surface area contributed by atoms with E-state index in [1.54, 1.807) is 25.1 Å². The van der Waals surface area contributed by atoms with Gasteiger partial charge in [0.2, 0.25) is 15.8 Å². The summed E-state index contributed by atoms with van der Waals surface area (Å²) in [7, 11) is -3.67. The van der Waals surface area contributed by atoms with Gasteiger partial charge in [0.05, 0.1) is 21.9 Å². The van der Waals surface area contributed by atoms with Crippen molar-refractivity contribution in [3.8, 4) is 0 Å². The van der Waals surface area contributed by atoms with Gasteiger partial charge in [-0.3, -0.25) is 14.5 Å². The first kappa shape index (κ1) is 23.6. The maximum absolute atomic E-state index is 14.0. The molecule has 1 saturated heterocycles. The van der Waals surface area contributed by atoms with E-state index in [-0.39, 0.29) is 33.0 Å². The van der Waals surface area contributed by atoms with E-state index in [0.717, 1.165) is 31.4 Å². The van der Waals surface area contributed by atoms with Crippen LogP contribution in [0, 0.1) is 12.7 Å². The Bertz CT molecular complexity index is 1700. The summed E-state index contributed by atoms with van der Waals surface area (Å²) in [4.78, 5) is 28.5. The monoisotopic (exact) mass is 523 g/mol. The van der Waals surface area contributed by atoms with Crippen LogP contribution >= 0.6 is 0 Å². The number of hydrogen-bond acceptors (Lipinski definition) is 7. The molecular formula is C26H22FN3O6S. The van der Waals surface area contributed by atoms with Crippen LogP contribution in [0.1, 0.15) is 52.7 Å². The van der Waals surface area contributed by atoms with Crippen molar-refractivity contribution in [2.75, 3.05) is 18.0 Å². The molecule has 0 radical (unpaired) electrons. The second-order valence-corrected chi connectivity index (χ2v) is 11.2. The van der Waals surface area contributed by atoms with Crippen molar-refractivity contribution < 1.29 is 26.5 Å². The van der Waals surface area contributed by atoms with Gasteiger partial charge in [-0.05, 0) is 55.7 Å². The van der Waals surface area contributed by atoms with E-state index in [9.17, 15) is 22.4 Å². The maximum atomic E-state index is 14.0. The molecule has 37 heavy (non-hydrogen) atoms. The third kappa shape index (κ3) is 3.77. The van der Waals surface area contributed by atoms with Crippen LogP contribution in [-0.4, -0.2) is 36.9 Å². The number of rotatable bonds is 4. The second kappa shape index (κ2) is 8.63. The Kier molecular flexibility index (Phi) is 5.50. The number of piperidine rings is 1. The molecule has 2 aromatic carbocycles. The SMILES string of the molecule is Cc1cc(N2C(=O)c3oc4ccc(F)cc4c(=O)c3C2c2ccc(S(=O)(=O)N3CCCCC3)cc2)no1. The molecule has 11 heteroatoms. The lowest BCUT2D eigenvalue weighted by atomic mass is 9.98. The molecule has 0 spiro atoms. The summed E-state index contributed by atoms with van der Waals surface area (Å²) in [6, 6.07) is 10.2. The fourth-order valence-electron chi connectivity index (χ4n) is 5.04. The van der Waals surface area contributed by atoms with Crippen molar-refractivity contribution in [3.63, 3.8) is 0 Å². The number of nitrogens with zero attached hydrogens (tertiary/aromatic N) is 3. The molecule has 0 N–H and O–H groups in total. The number of halogens is 1. The molecule has 2 aromatic heterocycles. The van der Waals surface area contributed by atoms with Gasteiger partial charge in [0, 0.05) is 19.2 Å². The van der Waals surface area contributed by atoms with Gasteiger partial charge in [-0.25, -0.2) is 12.8 Å². The molecular weight excluding hydrogens is 501 g/mol. The van der Waals surface area contributed by atoms with Gasteiger partial charge in [0.25, 0.3) is 5.91 Å². The van der Waals surface area contributed by atoms with Crippen molar-refractivity contribution in [1.29, 1.82) is 0 Å². The van der Waals surface area contributed by atoms with Crippen molar-refractivity contribution in [2.24, 2.45) is 0 Å². The first-order valence-corrected chi connectivity index (χ1v) is 13.3. The first-order valence-electron chi connectivity index (χ1n) is 11.9. The highest BCUT2D eigenvalue weighted by molar-refractivity contribution is 7.89. The number of anilines is 1. The average molecular weight is 524 g/mol. The van der Waals surface area contributed by atoms with Gasteiger partial charge >= 0.3 is 0 Å². The third-order valence-electron chi connectivity index (χ3n) is 6.84. The zero-order chi connectivity index (χ0) is 25.9. The number of amides is 1. The van der Waals surface area contributed by atoms with Gasteiger partial charge < -0.3 is 8.94 Å². The summed E-state index contributed by atoms with van der Waals surface area (Å²) >= 11 is 0. The van der Waals surface area contributed by atoms with Crippen molar-refractivity contribution in [2.45, 2.75) is 37.1 Å². The van der Waals surface area contributed by atoms with E-state index < -0.39 is 33.2 Å². The van der Waals surface area contributed by atoms with Crippen LogP contribution in [0.5, 0.6) is 0 Å². The number of carbonyl (C=O) groups is 1. The van der Waals surface area contributed by atoms with Crippen molar-refractivity contribution >= 4 is 32.7 Å². The van der Waals surface area contributed by atoms with Gasteiger partial charge in [-0.15, -0.1) is 0 Å². The Morgan fingerprint density at radius 3 is 2.41 bits per heavy atom. The zero-order valence-electron chi connectivity index (χ0n) is 19.8. The molecule has 1 amide bonds. The minimum Gasteiger partial charge on any atom is -0.450 e. The van der Waals surface area contributed by atoms with Crippen LogP contribution < -0.4 is 10.3 Å². The fraction of sp³-hybridized carbons (Fsp3) is 0.269. The summed E-state index contributed by atoms with van der Waals surface area (Å²) in [6.07, 6.45) is 2.63. The molecule has 2 aliphatic heterocycles. The van der Waals surface area contributed by atoms with E-state index in [4.69, 9.17) is 8.94 Å². The highest BCUT2D eigenvalue weighted by atomic mass is 32.2. The largest absolute Gasteiger partial charge is 0.450 e. The van der Waals surface area contributed by atoms with Crippen LogP contribution in [0.4, 0.5) is 10.2 Å². The lowest BCUT2D eigenvalue weighted by Gasteiger charge is -2.26. The highest BCUT2D eigenvalue weighted by Crippen LogP contribution is 2.41. The zero-order valence-corrected chi connectivity index (χ0v) is 20.6. The molecule has 9 nitrogen and oxygen atoms in total.